The van der Waals surface area contributed by atoms with Gasteiger partial charge in [0.05, 0.1) is 0 Å². The second-order valence-corrected chi connectivity index (χ2v) is 6.63. The fourth-order valence-electron chi connectivity index (χ4n) is 2.73. The molecule has 1 atom stereocenters. The molecule has 0 aliphatic heterocycles. The first-order valence-electron chi connectivity index (χ1n) is 9.43. The van der Waals surface area contributed by atoms with E-state index in [1.54, 1.807) is 31.2 Å². The quantitative estimate of drug-likeness (QED) is 0.718. The molecule has 0 saturated carbocycles. The molecule has 0 aliphatic rings. The number of carbonyl (C=O) groups excluding carboxylic acids is 2. The Bertz CT molecular complexity index is 810. The van der Waals surface area contributed by atoms with Gasteiger partial charge in [-0.2, -0.15) is 0 Å². The van der Waals surface area contributed by atoms with Crippen LogP contribution in [0.25, 0.3) is 0 Å². The number of amides is 2. The van der Waals surface area contributed by atoms with Gasteiger partial charge in [-0.15, -0.1) is 0 Å². The summed E-state index contributed by atoms with van der Waals surface area (Å²) in [6, 6.07) is 12.9. The average molecular weight is 386 g/mol. The van der Waals surface area contributed by atoms with Crippen molar-refractivity contribution < 1.29 is 18.7 Å². The first kappa shape index (κ1) is 21.4. The first-order valence-corrected chi connectivity index (χ1v) is 9.43. The summed E-state index contributed by atoms with van der Waals surface area (Å²) in [6.07, 6.45) is 0.788. The zero-order valence-corrected chi connectivity index (χ0v) is 16.6. The summed E-state index contributed by atoms with van der Waals surface area (Å²) in [5, 5.41) is 2.78. The number of nitrogens with zero attached hydrogens (tertiary/aromatic N) is 1. The predicted octanol–water partition coefficient (Wildman–Crippen LogP) is 3.46. The van der Waals surface area contributed by atoms with Gasteiger partial charge in [0.25, 0.3) is 5.91 Å². The van der Waals surface area contributed by atoms with Gasteiger partial charge in [0, 0.05) is 18.7 Å². The highest BCUT2D eigenvalue weighted by molar-refractivity contribution is 5.87. The molecule has 0 bridgehead atoms. The lowest BCUT2D eigenvalue weighted by molar-refractivity contribution is -0.142. The predicted molar refractivity (Wildman–Crippen MR) is 106 cm³/mol. The molecule has 0 saturated heterocycles. The number of benzene rings is 2. The SMILES string of the molecule is CCCNC(=O)C(C)N(Cc1ccccc1F)C(=O)COc1ccccc1C. The summed E-state index contributed by atoms with van der Waals surface area (Å²) in [4.78, 5) is 26.6. The maximum Gasteiger partial charge on any atom is 0.261 e. The summed E-state index contributed by atoms with van der Waals surface area (Å²) < 4.78 is 19.8. The number of carbonyl (C=O) groups is 2. The number of nitrogens with one attached hydrogen (secondary N) is 1. The van der Waals surface area contributed by atoms with Gasteiger partial charge in [-0.1, -0.05) is 43.3 Å². The van der Waals surface area contributed by atoms with Crippen LogP contribution in [0.1, 0.15) is 31.4 Å². The topological polar surface area (TPSA) is 58.6 Å². The minimum absolute atomic E-state index is 0.0106. The van der Waals surface area contributed by atoms with E-state index in [0.717, 1.165) is 12.0 Å². The number of hydrogen-bond acceptors (Lipinski definition) is 3. The second kappa shape index (κ2) is 10.4. The van der Waals surface area contributed by atoms with Crippen LogP contribution in [0, 0.1) is 12.7 Å². The Morgan fingerprint density at radius 3 is 2.50 bits per heavy atom. The zero-order chi connectivity index (χ0) is 20.5. The van der Waals surface area contributed by atoms with Crippen molar-refractivity contribution in [2.75, 3.05) is 13.2 Å². The molecule has 150 valence electrons. The van der Waals surface area contributed by atoms with Crippen LogP contribution < -0.4 is 10.1 Å². The van der Waals surface area contributed by atoms with Gasteiger partial charge in [-0.25, -0.2) is 4.39 Å². The van der Waals surface area contributed by atoms with Crippen molar-refractivity contribution in [3.05, 3.63) is 65.5 Å². The highest BCUT2D eigenvalue weighted by Gasteiger charge is 2.27. The molecule has 1 unspecified atom stereocenters. The van der Waals surface area contributed by atoms with Crippen LogP contribution >= 0.6 is 0 Å². The Kier molecular flexibility index (Phi) is 7.99. The van der Waals surface area contributed by atoms with Gasteiger partial charge in [0.1, 0.15) is 17.6 Å². The number of para-hydroxylation sites is 1. The molecule has 2 aromatic rings. The standard InChI is InChI=1S/C22H27FN2O3/c1-4-13-24-22(27)17(3)25(14-18-10-6-7-11-19(18)23)21(26)15-28-20-12-8-5-9-16(20)2/h5-12,17H,4,13-15H2,1-3H3,(H,24,27). The van der Waals surface area contributed by atoms with Gasteiger partial charge in [0.2, 0.25) is 5.91 Å². The molecular weight excluding hydrogens is 359 g/mol. The van der Waals surface area contributed by atoms with E-state index in [4.69, 9.17) is 4.74 Å². The van der Waals surface area contributed by atoms with Crippen LogP contribution in [0.3, 0.4) is 0 Å². The van der Waals surface area contributed by atoms with E-state index >= 15 is 0 Å². The molecule has 28 heavy (non-hydrogen) atoms. The van der Waals surface area contributed by atoms with Crippen molar-refractivity contribution in [1.29, 1.82) is 0 Å². The van der Waals surface area contributed by atoms with E-state index in [-0.39, 0.29) is 25.0 Å². The Labute approximate surface area is 165 Å². The van der Waals surface area contributed by atoms with E-state index in [9.17, 15) is 14.0 Å². The summed E-state index contributed by atoms with van der Waals surface area (Å²) in [6.45, 7) is 5.75. The fourth-order valence-corrected chi connectivity index (χ4v) is 2.73. The third-order valence-electron chi connectivity index (χ3n) is 4.46. The molecule has 2 amide bonds. The molecule has 5 nitrogen and oxygen atoms in total. The third-order valence-corrected chi connectivity index (χ3v) is 4.46. The molecule has 2 aromatic carbocycles. The van der Waals surface area contributed by atoms with Gasteiger partial charge >= 0.3 is 0 Å². The van der Waals surface area contributed by atoms with Crippen LogP contribution in [0.5, 0.6) is 5.75 Å². The lowest BCUT2D eigenvalue weighted by Crippen LogP contribution is -2.49. The molecule has 0 spiro atoms. The van der Waals surface area contributed by atoms with Crippen LogP contribution in [0.4, 0.5) is 4.39 Å². The van der Waals surface area contributed by atoms with Gasteiger partial charge in [0.15, 0.2) is 6.61 Å². The molecule has 0 heterocycles. The molecule has 0 aromatic heterocycles. The highest BCUT2D eigenvalue weighted by Crippen LogP contribution is 2.17. The van der Waals surface area contributed by atoms with Crippen LogP contribution in [-0.2, 0) is 16.1 Å². The smallest absolute Gasteiger partial charge is 0.261 e. The van der Waals surface area contributed by atoms with Crippen molar-refractivity contribution in [2.45, 2.75) is 39.8 Å². The third kappa shape index (κ3) is 5.81. The Balaban J connectivity index is 2.16. The maximum absolute atomic E-state index is 14.1. The van der Waals surface area contributed by atoms with Crippen molar-refractivity contribution in [2.24, 2.45) is 0 Å². The number of rotatable bonds is 9. The molecule has 2 rings (SSSR count). The monoisotopic (exact) mass is 386 g/mol. The number of hydrogen-bond donors (Lipinski definition) is 1. The molecule has 1 N–H and O–H groups in total. The number of halogens is 1. The maximum atomic E-state index is 14.1. The van der Waals surface area contributed by atoms with Gasteiger partial charge in [-0.3, -0.25) is 9.59 Å². The van der Waals surface area contributed by atoms with Crippen LogP contribution in [-0.4, -0.2) is 35.9 Å². The van der Waals surface area contributed by atoms with E-state index in [1.807, 2.05) is 32.0 Å². The molecule has 0 radical (unpaired) electrons. The first-order chi connectivity index (χ1) is 13.4. The van der Waals surface area contributed by atoms with Gasteiger partial charge in [-0.05, 0) is 38.0 Å². The van der Waals surface area contributed by atoms with Crippen molar-refractivity contribution in [1.82, 2.24) is 10.2 Å². The molecule has 0 aliphatic carbocycles. The number of aryl methyl sites for hydroxylation is 1. The van der Waals surface area contributed by atoms with Crippen molar-refractivity contribution in [3.63, 3.8) is 0 Å². The number of ether oxygens (including phenoxy) is 1. The Morgan fingerprint density at radius 2 is 1.82 bits per heavy atom. The van der Waals surface area contributed by atoms with E-state index in [0.29, 0.717) is 17.9 Å². The summed E-state index contributed by atoms with van der Waals surface area (Å²) in [7, 11) is 0. The Morgan fingerprint density at radius 1 is 1.14 bits per heavy atom. The summed E-state index contributed by atoms with van der Waals surface area (Å²) in [5.74, 6) is -0.473. The van der Waals surface area contributed by atoms with E-state index < -0.39 is 11.9 Å². The Hall–Kier alpha value is -2.89. The lowest BCUT2D eigenvalue weighted by atomic mass is 10.1. The lowest BCUT2D eigenvalue weighted by Gasteiger charge is -2.29. The van der Waals surface area contributed by atoms with Crippen LogP contribution in [0.15, 0.2) is 48.5 Å². The molecular formula is C22H27FN2O3. The zero-order valence-electron chi connectivity index (χ0n) is 16.6. The summed E-state index contributed by atoms with van der Waals surface area (Å²) >= 11 is 0. The van der Waals surface area contributed by atoms with E-state index in [1.165, 1.54) is 11.0 Å². The van der Waals surface area contributed by atoms with Gasteiger partial charge < -0.3 is 15.0 Å². The molecule has 0 fully saturated rings. The van der Waals surface area contributed by atoms with Crippen LogP contribution in [0.2, 0.25) is 0 Å². The van der Waals surface area contributed by atoms with Crippen molar-refractivity contribution in [3.8, 4) is 5.75 Å². The highest BCUT2D eigenvalue weighted by atomic mass is 19.1. The minimum Gasteiger partial charge on any atom is -0.484 e. The minimum atomic E-state index is -0.751. The largest absolute Gasteiger partial charge is 0.484 e. The van der Waals surface area contributed by atoms with Crippen molar-refractivity contribution >= 4 is 11.8 Å². The van der Waals surface area contributed by atoms with E-state index in [2.05, 4.69) is 5.32 Å². The molecule has 6 heteroatoms. The summed E-state index contributed by atoms with van der Waals surface area (Å²) in [5.41, 5.74) is 1.26. The normalized spacial score (nSPS) is 11.6. The average Bonchev–Trinajstić information content (AvgIpc) is 2.70. The second-order valence-electron chi connectivity index (χ2n) is 6.63. The fraction of sp³-hybridized carbons (Fsp3) is 0.364.